The molecule has 10 atom stereocenters. The molecule has 6 aliphatic rings. The van der Waals surface area contributed by atoms with Crippen molar-refractivity contribution in [3.05, 3.63) is 0 Å². The molecule has 2 saturated heterocycles. The van der Waals surface area contributed by atoms with Gasteiger partial charge >= 0.3 is 11.9 Å². The molecule has 2 heterocycles. The number of rotatable bonds is 5. The number of hydrogen-bond acceptors (Lipinski definition) is 5. The summed E-state index contributed by atoms with van der Waals surface area (Å²) in [6.07, 6.45) is 17.6. The summed E-state index contributed by atoms with van der Waals surface area (Å²) in [7, 11) is 2.50. The van der Waals surface area contributed by atoms with Crippen LogP contribution < -0.4 is 17.0 Å². The summed E-state index contributed by atoms with van der Waals surface area (Å²) in [5, 5.41) is 0. The Morgan fingerprint density at radius 1 is 0.841 bits per heavy atom. The lowest BCUT2D eigenvalue weighted by Crippen LogP contribution is -3.00. The Hall–Kier alpha value is -0.660. The molecule has 44 heavy (non-hydrogen) atoms. The van der Waals surface area contributed by atoms with Gasteiger partial charge in [0.25, 0.3) is 0 Å². The first-order valence-corrected chi connectivity index (χ1v) is 18.4. The number of piperidine rings is 1. The molecule has 2 aliphatic heterocycles. The maximum Gasteiger partial charge on any atom is 0.308 e. The molecule has 0 spiro atoms. The summed E-state index contributed by atoms with van der Waals surface area (Å²) in [6.45, 7) is 15.5. The Morgan fingerprint density at radius 3 is 2.14 bits per heavy atom. The second-order valence-electron chi connectivity index (χ2n) is 17.1. The van der Waals surface area contributed by atoms with Gasteiger partial charge in [-0.2, -0.15) is 0 Å². The highest BCUT2D eigenvalue weighted by atomic mass is 79.9. The average Bonchev–Trinajstić information content (AvgIpc) is 3.10. The monoisotopic (exact) mass is 678 g/mol. The fourth-order valence-electron chi connectivity index (χ4n) is 12.0. The molecular weight excluding hydrogens is 616 g/mol. The standard InChI is InChI=1S/C37H63N2O4.BrH/c1-25(2)35(41)43-34-32(39(6)20-12-7-8-13-21-39)23-30-28-15-14-27-22-33(42-26(3)40)31(38-18-10-9-11-19-38)24-37(27,5)29(28)16-17-36(30,34)4;/h25,27-34H,7-24H2,1-6H3;1H/q+1;/p-1/t27-,28?,29?,30?,31-,32-,33-,34-,36-,37-;/m0./s1. The van der Waals surface area contributed by atoms with Crippen molar-refractivity contribution in [2.45, 2.75) is 149 Å². The van der Waals surface area contributed by atoms with Gasteiger partial charge in [-0.1, -0.05) is 34.1 Å². The summed E-state index contributed by atoms with van der Waals surface area (Å²) in [5.41, 5.74) is 0.348. The lowest BCUT2D eigenvalue weighted by atomic mass is 9.44. The van der Waals surface area contributed by atoms with E-state index in [0.717, 1.165) is 24.0 Å². The lowest BCUT2D eigenvalue weighted by Gasteiger charge is -2.62. The minimum atomic E-state index is -0.109. The molecule has 0 N–H and O–H groups in total. The molecule has 7 heteroatoms. The van der Waals surface area contributed by atoms with Gasteiger partial charge in [0.05, 0.1) is 26.1 Å². The summed E-state index contributed by atoms with van der Waals surface area (Å²) in [6, 6.07) is 0.774. The van der Waals surface area contributed by atoms with Crippen molar-refractivity contribution in [1.29, 1.82) is 0 Å². The minimum absolute atomic E-state index is 0. The van der Waals surface area contributed by atoms with Crippen molar-refractivity contribution in [2.24, 2.45) is 40.4 Å². The van der Waals surface area contributed by atoms with E-state index in [2.05, 4.69) is 25.8 Å². The summed E-state index contributed by atoms with van der Waals surface area (Å²) in [5.74, 6) is 2.48. The third-order valence-corrected chi connectivity index (χ3v) is 14.4. The molecule has 0 radical (unpaired) electrons. The summed E-state index contributed by atoms with van der Waals surface area (Å²) >= 11 is 0. The van der Waals surface area contributed by atoms with Crippen molar-refractivity contribution < 1.29 is 40.5 Å². The first-order chi connectivity index (χ1) is 20.5. The number of likely N-dealkylation sites (tertiary alicyclic amines) is 2. The number of nitrogens with zero attached hydrogens (tertiary/aromatic N) is 2. The SMILES string of the molecule is CC(=O)O[C@H]1C[C@@H]2CCC3C4C[C@H]([N+]5(C)CCCCCC5)[C@H](OC(=O)C(C)C)[C@@]4(C)CCC3[C@@]2(C)C[C@@H]1N1CCCCC1.[Br-]. The second kappa shape index (κ2) is 13.5. The van der Waals surface area contributed by atoms with Crippen molar-refractivity contribution in [3.63, 3.8) is 0 Å². The first kappa shape index (κ1) is 34.7. The van der Waals surface area contributed by atoms with Gasteiger partial charge in [0, 0.05) is 24.8 Å². The van der Waals surface area contributed by atoms with Gasteiger partial charge in [-0.05, 0) is 119 Å². The number of quaternary nitrogens is 1. The Kier molecular flexibility index (Phi) is 10.6. The average molecular weight is 680 g/mol. The number of ether oxygens (including phenoxy) is 2. The molecule has 6 nitrogen and oxygen atoms in total. The molecule has 252 valence electrons. The van der Waals surface area contributed by atoms with E-state index in [9.17, 15) is 9.59 Å². The zero-order chi connectivity index (χ0) is 30.6. The maximum absolute atomic E-state index is 13.3. The maximum atomic E-state index is 13.3. The van der Waals surface area contributed by atoms with E-state index in [4.69, 9.17) is 9.47 Å². The van der Waals surface area contributed by atoms with Crippen LogP contribution in [0, 0.1) is 40.4 Å². The molecule has 0 aromatic carbocycles. The molecule has 0 aromatic heterocycles. The first-order valence-electron chi connectivity index (χ1n) is 18.4. The van der Waals surface area contributed by atoms with Crippen LogP contribution in [0.15, 0.2) is 0 Å². The minimum Gasteiger partial charge on any atom is -1.00 e. The smallest absolute Gasteiger partial charge is 0.308 e. The predicted octanol–water partition coefficient (Wildman–Crippen LogP) is 4.00. The highest BCUT2D eigenvalue weighted by Crippen LogP contribution is 2.67. The molecule has 0 bridgehead atoms. The quantitative estimate of drug-likeness (QED) is 0.325. The number of carbonyl (C=O) groups excluding carboxylic acids is 2. The van der Waals surface area contributed by atoms with E-state index >= 15 is 0 Å². The van der Waals surface area contributed by atoms with Crippen molar-refractivity contribution >= 4 is 11.9 Å². The zero-order valence-corrected chi connectivity index (χ0v) is 30.4. The normalized spacial score (nSPS) is 43.9. The van der Waals surface area contributed by atoms with Crippen LogP contribution in [-0.2, 0) is 19.1 Å². The molecule has 6 rings (SSSR count). The summed E-state index contributed by atoms with van der Waals surface area (Å²) < 4.78 is 13.9. The molecule has 0 amide bonds. The summed E-state index contributed by atoms with van der Waals surface area (Å²) in [4.78, 5) is 28.2. The number of fused-ring (bicyclic) bond motifs is 5. The molecule has 6 fully saturated rings. The van der Waals surface area contributed by atoms with E-state index in [0.29, 0.717) is 35.8 Å². The van der Waals surface area contributed by atoms with Gasteiger partial charge in [-0.15, -0.1) is 0 Å². The van der Waals surface area contributed by atoms with Crippen LogP contribution in [-0.4, -0.2) is 78.8 Å². The third kappa shape index (κ3) is 6.18. The predicted molar refractivity (Wildman–Crippen MR) is 170 cm³/mol. The Labute approximate surface area is 279 Å². The lowest BCUT2D eigenvalue weighted by molar-refractivity contribution is -0.935. The fraction of sp³-hybridized carbons (Fsp3) is 0.946. The van der Waals surface area contributed by atoms with Gasteiger partial charge in [0.15, 0.2) is 6.10 Å². The number of carbonyl (C=O) groups is 2. The Balaban J connectivity index is 0.00000384. The number of likely N-dealkylation sites (N-methyl/N-ethyl adjacent to an activating group) is 1. The van der Waals surface area contributed by atoms with E-state index in [1.54, 1.807) is 6.92 Å². The Morgan fingerprint density at radius 2 is 1.50 bits per heavy atom. The molecule has 4 saturated carbocycles. The van der Waals surface area contributed by atoms with Crippen LogP contribution in [0.2, 0.25) is 0 Å². The van der Waals surface area contributed by atoms with E-state index in [1.165, 1.54) is 96.6 Å². The fourth-order valence-corrected chi connectivity index (χ4v) is 12.0. The van der Waals surface area contributed by atoms with Gasteiger partial charge < -0.3 is 30.9 Å². The molecule has 4 aliphatic carbocycles. The van der Waals surface area contributed by atoms with Crippen LogP contribution in [0.25, 0.3) is 0 Å². The molecular formula is C37H63BrN2O4. The van der Waals surface area contributed by atoms with Gasteiger partial charge in [-0.3, -0.25) is 14.5 Å². The zero-order valence-electron chi connectivity index (χ0n) is 28.8. The van der Waals surface area contributed by atoms with Crippen LogP contribution in [0.5, 0.6) is 0 Å². The van der Waals surface area contributed by atoms with Gasteiger partial charge in [0.1, 0.15) is 12.1 Å². The number of halogens is 1. The second-order valence-corrected chi connectivity index (χ2v) is 17.1. The number of hydrogen-bond donors (Lipinski definition) is 0. The van der Waals surface area contributed by atoms with Crippen LogP contribution in [0.4, 0.5) is 0 Å². The third-order valence-electron chi connectivity index (χ3n) is 14.4. The van der Waals surface area contributed by atoms with Gasteiger partial charge in [-0.25, -0.2) is 0 Å². The van der Waals surface area contributed by atoms with Crippen LogP contribution in [0.1, 0.15) is 125 Å². The van der Waals surface area contributed by atoms with Gasteiger partial charge in [0.2, 0.25) is 0 Å². The van der Waals surface area contributed by atoms with Crippen LogP contribution >= 0.6 is 0 Å². The highest BCUT2D eigenvalue weighted by molar-refractivity contribution is 5.71. The van der Waals surface area contributed by atoms with Crippen molar-refractivity contribution in [1.82, 2.24) is 4.90 Å². The highest BCUT2D eigenvalue weighted by Gasteiger charge is 2.67. The van der Waals surface area contributed by atoms with E-state index in [-0.39, 0.29) is 57.9 Å². The topological polar surface area (TPSA) is 55.8 Å². The van der Waals surface area contributed by atoms with Crippen LogP contribution in [0.3, 0.4) is 0 Å². The molecule has 0 aromatic rings. The Bertz CT molecular complexity index is 1020. The van der Waals surface area contributed by atoms with Crippen molar-refractivity contribution in [2.75, 3.05) is 33.2 Å². The number of esters is 2. The molecule has 3 unspecified atom stereocenters. The van der Waals surface area contributed by atoms with E-state index in [1.807, 2.05) is 13.8 Å². The van der Waals surface area contributed by atoms with E-state index < -0.39 is 0 Å². The largest absolute Gasteiger partial charge is 1.00 e. The van der Waals surface area contributed by atoms with Crippen molar-refractivity contribution in [3.8, 4) is 0 Å².